The van der Waals surface area contributed by atoms with Gasteiger partial charge in [0, 0.05) is 11.1 Å². The summed E-state index contributed by atoms with van der Waals surface area (Å²) >= 11 is 0. The second kappa shape index (κ2) is 6.70. The SMILES string of the molecule is CC(=NN=C(c1ccccc1)c1ccccc1)C(F)F. The minimum atomic E-state index is -2.59. The lowest BCUT2D eigenvalue weighted by atomic mass is 10.0. The predicted octanol–water partition coefficient (Wildman–Crippen LogP) is 4.17. The fourth-order valence-corrected chi connectivity index (χ4v) is 1.65. The fourth-order valence-electron chi connectivity index (χ4n) is 1.65. The lowest BCUT2D eigenvalue weighted by Crippen LogP contribution is -2.06. The van der Waals surface area contributed by atoms with Gasteiger partial charge in [-0.3, -0.25) is 0 Å². The Morgan fingerprint density at radius 1 is 0.800 bits per heavy atom. The van der Waals surface area contributed by atoms with Crippen molar-refractivity contribution in [2.75, 3.05) is 0 Å². The second-order valence-electron chi connectivity index (χ2n) is 4.22. The van der Waals surface area contributed by atoms with Gasteiger partial charge in [-0.25, -0.2) is 8.78 Å². The molecule has 0 aliphatic rings. The van der Waals surface area contributed by atoms with Gasteiger partial charge in [0.2, 0.25) is 0 Å². The van der Waals surface area contributed by atoms with Crippen molar-refractivity contribution < 1.29 is 8.78 Å². The number of benzene rings is 2. The molecule has 2 nitrogen and oxygen atoms in total. The Morgan fingerprint density at radius 2 is 1.25 bits per heavy atom. The van der Waals surface area contributed by atoms with Gasteiger partial charge < -0.3 is 0 Å². The predicted molar refractivity (Wildman–Crippen MR) is 77.6 cm³/mol. The van der Waals surface area contributed by atoms with Crippen molar-refractivity contribution in [1.29, 1.82) is 0 Å². The summed E-state index contributed by atoms with van der Waals surface area (Å²) in [4.78, 5) is 0. The minimum Gasteiger partial charge on any atom is -0.204 e. The third-order valence-electron chi connectivity index (χ3n) is 2.72. The summed E-state index contributed by atoms with van der Waals surface area (Å²) in [7, 11) is 0. The zero-order chi connectivity index (χ0) is 14.4. The first-order valence-corrected chi connectivity index (χ1v) is 6.19. The molecule has 2 aromatic carbocycles. The molecule has 20 heavy (non-hydrogen) atoms. The van der Waals surface area contributed by atoms with E-state index < -0.39 is 6.43 Å². The third kappa shape index (κ3) is 3.57. The van der Waals surface area contributed by atoms with E-state index in [0.29, 0.717) is 5.71 Å². The Morgan fingerprint density at radius 3 is 1.65 bits per heavy atom. The fraction of sp³-hybridized carbons (Fsp3) is 0.125. The van der Waals surface area contributed by atoms with E-state index in [9.17, 15) is 8.78 Å². The number of rotatable bonds is 4. The van der Waals surface area contributed by atoms with Crippen molar-refractivity contribution in [3.63, 3.8) is 0 Å². The molecule has 0 amide bonds. The van der Waals surface area contributed by atoms with E-state index in [0.717, 1.165) is 11.1 Å². The van der Waals surface area contributed by atoms with E-state index in [1.54, 1.807) is 0 Å². The average Bonchev–Trinajstić information content (AvgIpc) is 2.49. The molecule has 2 rings (SSSR count). The standard InChI is InChI=1S/C16H14F2N2/c1-12(16(17)18)19-20-15(13-8-4-2-5-9-13)14-10-6-3-7-11-14/h2-11,16H,1H3. The average molecular weight is 272 g/mol. The molecule has 2 aromatic rings. The van der Waals surface area contributed by atoms with Crippen LogP contribution in [0.25, 0.3) is 0 Å². The topological polar surface area (TPSA) is 24.7 Å². The minimum absolute atomic E-state index is 0.297. The second-order valence-corrected chi connectivity index (χ2v) is 4.22. The molecule has 0 atom stereocenters. The van der Waals surface area contributed by atoms with Gasteiger partial charge in [0.05, 0.1) is 0 Å². The molecule has 0 saturated carbocycles. The van der Waals surface area contributed by atoms with Crippen LogP contribution in [0.15, 0.2) is 70.9 Å². The molecule has 4 heteroatoms. The summed E-state index contributed by atoms with van der Waals surface area (Å²) in [5, 5.41) is 7.64. The molecule has 0 fully saturated rings. The highest BCUT2D eigenvalue weighted by molar-refractivity contribution is 6.13. The van der Waals surface area contributed by atoms with Crippen LogP contribution in [0.4, 0.5) is 8.78 Å². The summed E-state index contributed by atoms with van der Waals surface area (Å²) in [6.45, 7) is 1.27. The van der Waals surface area contributed by atoms with Crippen molar-refractivity contribution in [2.45, 2.75) is 13.3 Å². The van der Waals surface area contributed by atoms with Crippen LogP contribution in [0, 0.1) is 0 Å². The van der Waals surface area contributed by atoms with E-state index in [1.165, 1.54) is 6.92 Å². The molecule has 0 bridgehead atoms. The first-order chi connectivity index (χ1) is 9.68. The maximum absolute atomic E-state index is 12.5. The lowest BCUT2D eigenvalue weighted by molar-refractivity contribution is 0.224. The normalized spacial score (nSPS) is 11.5. The number of halogens is 2. The third-order valence-corrected chi connectivity index (χ3v) is 2.72. The van der Waals surface area contributed by atoms with Crippen LogP contribution >= 0.6 is 0 Å². The van der Waals surface area contributed by atoms with E-state index in [-0.39, 0.29) is 5.71 Å². The molecular weight excluding hydrogens is 258 g/mol. The van der Waals surface area contributed by atoms with Crippen molar-refractivity contribution in [3.8, 4) is 0 Å². The van der Waals surface area contributed by atoms with E-state index in [1.807, 2.05) is 60.7 Å². The molecule has 0 aromatic heterocycles. The van der Waals surface area contributed by atoms with Gasteiger partial charge in [0.1, 0.15) is 11.4 Å². The first-order valence-electron chi connectivity index (χ1n) is 6.19. The Labute approximate surface area is 116 Å². The smallest absolute Gasteiger partial charge is 0.204 e. The van der Waals surface area contributed by atoms with E-state index in [2.05, 4.69) is 10.2 Å². The van der Waals surface area contributed by atoms with Gasteiger partial charge in [-0.05, 0) is 6.92 Å². The van der Waals surface area contributed by atoms with Crippen LogP contribution < -0.4 is 0 Å². The van der Waals surface area contributed by atoms with Gasteiger partial charge in [0.25, 0.3) is 6.43 Å². The summed E-state index contributed by atoms with van der Waals surface area (Å²) < 4.78 is 25.0. The van der Waals surface area contributed by atoms with Gasteiger partial charge in [-0.15, -0.1) is 5.10 Å². The molecule has 0 heterocycles. The number of hydrogen-bond acceptors (Lipinski definition) is 2. The molecular formula is C16H14F2N2. The zero-order valence-corrected chi connectivity index (χ0v) is 11.0. The largest absolute Gasteiger partial charge is 0.278 e. The highest BCUT2D eigenvalue weighted by Crippen LogP contribution is 2.11. The Balaban J connectivity index is 2.46. The van der Waals surface area contributed by atoms with Crippen LogP contribution in [-0.2, 0) is 0 Å². The van der Waals surface area contributed by atoms with Crippen LogP contribution in [0.5, 0.6) is 0 Å². The van der Waals surface area contributed by atoms with Crippen LogP contribution in [0.1, 0.15) is 18.1 Å². The van der Waals surface area contributed by atoms with Gasteiger partial charge >= 0.3 is 0 Å². The van der Waals surface area contributed by atoms with Gasteiger partial charge in [-0.2, -0.15) is 5.10 Å². The summed E-state index contributed by atoms with van der Waals surface area (Å²) in [6, 6.07) is 18.8. The molecule has 0 radical (unpaired) electrons. The first kappa shape index (κ1) is 14.1. The lowest BCUT2D eigenvalue weighted by Gasteiger charge is -2.05. The van der Waals surface area contributed by atoms with E-state index >= 15 is 0 Å². The van der Waals surface area contributed by atoms with Crippen molar-refractivity contribution in [2.24, 2.45) is 10.2 Å². The highest BCUT2D eigenvalue weighted by Gasteiger charge is 2.09. The Hall–Kier alpha value is -2.36. The molecule has 0 aliphatic carbocycles. The van der Waals surface area contributed by atoms with Crippen molar-refractivity contribution in [3.05, 3.63) is 71.8 Å². The molecule has 102 valence electrons. The number of nitrogens with zero attached hydrogens (tertiary/aromatic N) is 2. The molecule has 0 N–H and O–H groups in total. The summed E-state index contributed by atoms with van der Waals surface area (Å²) in [6.07, 6.45) is -2.59. The molecule has 0 aliphatic heterocycles. The summed E-state index contributed by atoms with van der Waals surface area (Å²) in [5.74, 6) is 0. The Kier molecular flexibility index (Phi) is 4.71. The summed E-state index contributed by atoms with van der Waals surface area (Å²) in [5.41, 5.74) is 1.95. The quantitative estimate of drug-likeness (QED) is 0.589. The maximum Gasteiger partial charge on any atom is 0.278 e. The Bertz CT molecular complexity index is 563. The monoisotopic (exact) mass is 272 g/mol. The molecule has 0 saturated heterocycles. The van der Waals surface area contributed by atoms with E-state index in [4.69, 9.17) is 0 Å². The highest BCUT2D eigenvalue weighted by atomic mass is 19.3. The number of hydrogen-bond donors (Lipinski definition) is 0. The zero-order valence-electron chi connectivity index (χ0n) is 11.0. The number of alkyl halides is 2. The van der Waals surface area contributed by atoms with Crippen molar-refractivity contribution in [1.82, 2.24) is 0 Å². The van der Waals surface area contributed by atoms with Crippen LogP contribution in [0.3, 0.4) is 0 Å². The maximum atomic E-state index is 12.5. The van der Waals surface area contributed by atoms with Crippen LogP contribution in [-0.4, -0.2) is 17.8 Å². The van der Waals surface area contributed by atoms with Gasteiger partial charge in [-0.1, -0.05) is 60.7 Å². The molecule has 0 unspecified atom stereocenters. The molecule has 0 spiro atoms. The van der Waals surface area contributed by atoms with Gasteiger partial charge in [0.15, 0.2) is 0 Å². The van der Waals surface area contributed by atoms with Crippen molar-refractivity contribution >= 4 is 11.4 Å². The van der Waals surface area contributed by atoms with Crippen LogP contribution in [0.2, 0.25) is 0 Å².